The number of phenolic OH excluding ortho intramolecular Hbond substituents is 2. The zero-order valence-electron chi connectivity index (χ0n) is 81.7. The van der Waals surface area contributed by atoms with Crippen LogP contribution in [0.15, 0.2) is 73.6 Å². The highest BCUT2D eigenvalue weighted by atomic mass is 32.2. The largest absolute Gasteiger partial charge is 0.508 e. The van der Waals surface area contributed by atoms with Crippen LogP contribution in [-0.4, -0.2) is 328 Å². The fourth-order valence-corrected chi connectivity index (χ4v) is 16.6. The molecule has 6 rings (SSSR count). The molecule has 2 saturated heterocycles. The van der Waals surface area contributed by atoms with E-state index in [4.69, 9.17) is 10.8 Å². The SMILES string of the molecule is CC[C@H](C)[C@H](NC(=O)CNC(=O)CNC(=O)CNC(=O)CNC(=O)CNC(=O)CCCCCNC(=O)[C@@]1(CCCCC(=O)O)SC[C@@H]2NC(=O)N[C@@H]21)C(=O)NCC(=O)N[C@@H](CCC(=O)O)C(=O)N[C@@H](Cc1c[nH]cn1)C(=O)N[C@@H](Cc1ccc(O)cc1)C(=O)N[C@H](C(=O)N[C@@H](Cc1c[nH]cn1)C(=O)N[C@H](C(=O)N[C@@H](CC(N)=O)C(=O)N[C@@H](C)C(=O)N[C@H](C(=O)N[C@@H](Cc1ccc(O)cc1)C(=O)O)[C@@H](C)O)C(C)C)C(C)C. The second-order valence-electron chi connectivity index (χ2n) is 35.7. The van der Waals surface area contributed by atoms with E-state index in [0.29, 0.717) is 55.4 Å². The Hall–Kier alpha value is -15.6. The fraction of sp³-hybridized carbons (Fsp3) is 0.549. The number of hydrogen-bond acceptors (Lipinski definition) is 29. The summed E-state index contributed by atoms with van der Waals surface area (Å²) >= 11 is 1.41. The van der Waals surface area contributed by atoms with Crippen molar-refractivity contribution in [1.29, 1.82) is 0 Å². The monoisotopic (exact) mass is 2070 g/mol. The van der Waals surface area contributed by atoms with Gasteiger partial charge in [-0.2, -0.15) is 0 Å². The van der Waals surface area contributed by atoms with Gasteiger partial charge in [0, 0.05) is 69.6 Å². The van der Waals surface area contributed by atoms with E-state index in [1.165, 1.54) is 113 Å². The van der Waals surface area contributed by atoms with E-state index < -0.39 is 303 Å². The number of imidazole rings is 2. The van der Waals surface area contributed by atoms with Gasteiger partial charge >= 0.3 is 23.9 Å². The number of hydrogen-bond donors (Lipinski definition) is 29. The summed E-state index contributed by atoms with van der Waals surface area (Å²) in [5.74, 6) is -24.2. The van der Waals surface area contributed by atoms with Crippen LogP contribution < -0.4 is 112 Å². The van der Waals surface area contributed by atoms with Crippen molar-refractivity contribution in [3.8, 4) is 11.5 Å². The quantitative estimate of drug-likeness (QED) is 0.0144. The number of rotatable bonds is 64. The summed E-state index contributed by atoms with van der Waals surface area (Å²) in [4.78, 5) is 320. The number of aliphatic hydroxyl groups is 1. The number of amides is 21. The summed E-state index contributed by atoms with van der Waals surface area (Å²) in [5, 5.41) is 108. The van der Waals surface area contributed by atoms with Crippen LogP contribution in [0.3, 0.4) is 0 Å². The average Bonchev–Trinajstić information content (AvgIpc) is 1.60. The molecule has 4 aromatic rings. The van der Waals surface area contributed by atoms with Crippen LogP contribution in [0, 0.1) is 17.8 Å². The molecule has 0 aliphatic carbocycles. The fourth-order valence-electron chi connectivity index (χ4n) is 15.0. The van der Waals surface area contributed by atoms with E-state index in [2.05, 4.69) is 126 Å². The Morgan fingerprint density at radius 3 is 1.32 bits per heavy atom. The number of carboxylic acid groups (broad SMARTS) is 3. The molecule has 0 radical (unpaired) electrons. The molecule has 21 amide bonds. The molecule has 0 spiro atoms. The van der Waals surface area contributed by atoms with Gasteiger partial charge in [-0.05, 0) is 99.1 Å². The number of nitrogens with one attached hydrogen (secondary N) is 22. The molecule has 800 valence electrons. The minimum absolute atomic E-state index is 0.0382. The average molecular weight is 2070 g/mol. The number of aliphatic hydroxyl groups excluding tert-OH is 1. The van der Waals surface area contributed by atoms with E-state index in [-0.39, 0.29) is 73.1 Å². The molecule has 2 aromatic carbocycles. The highest BCUT2D eigenvalue weighted by molar-refractivity contribution is 8.01. The van der Waals surface area contributed by atoms with Gasteiger partial charge in [0.25, 0.3) is 0 Å². The van der Waals surface area contributed by atoms with E-state index >= 15 is 0 Å². The Labute approximate surface area is 841 Å². The predicted molar refractivity (Wildman–Crippen MR) is 514 cm³/mol. The van der Waals surface area contributed by atoms with Crippen molar-refractivity contribution >= 4 is 148 Å². The third-order valence-corrected chi connectivity index (χ3v) is 25.0. The zero-order valence-corrected chi connectivity index (χ0v) is 82.5. The van der Waals surface area contributed by atoms with Crippen molar-refractivity contribution in [1.82, 2.24) is 126 Å². The molecule has 2 aliphatic heterocycles. The number of carbonyl (C=O) groups is 23. The van der Waals surface area contributed by atoms with Crippen molar-refractivity contribution in [2.45, 2.75) is 248 Å². The number of unbranched alkanes of at least 4 members (excludes halogenated alkanes) is 3. The Morgan fingerprint density at radius 2 is 0.849 bits per heavy atom. The highest BCUT2D eigenvalue weighted by Gasteiger charge is 2.58. The summed E-state index contributed by atoms with van der Waals surface area (Å²) in [7, 11) is 0. The van der Waals surface area contributed by atoms with Crippen molar-refractivity contribution in [2.75, 3.05) is 51.6 Å². The van der Waals surface area contributed by atoms with Gasteiger partial charge < -0.3 is 153 Å². The van der Waals surface area contributed by atoms with Crippen LogP contribution in [0.1, 0.15) is 155 Å². The standard InChI is InChI=1S/C91H131N25O29S/c1-9-47(6)75(112-70(127)40-100-68(125)39-99-67(124)38-98-66(123)37-97-65(122)36-96-64(121)15-11-10-14-28-95-89(144)91(27-13-12-16-71(128)129)77-62(42-146-91)111-90(145)116-77)84(138)101-41-69(126)105-56(25-26-72(130)131)79(133)107-58(31-52-34-93-43-102-52)81(135)106-57(29-50-17-21-54(118)22-18-50)82(136)113-73(45(2)3)85(139)108-59(32-53-35-94-44-103-53)83(137)114-74(46(4)5)86(140)109-60(33-63(92)120)80(134)104-48(7)78(132)115-76(49(8)117)87(141)110-61(88(142)143)30-51-19-23-55(119)24-20-51/h17-24,34-35,43-49,56-62,73-77,117-119H,9-16,25-33,36-42H2,1-8H3,(H2,92,120)(H,93,102)(H,94,103)(H,95,144)(H,96,121)(H,97,122)(H,98,123)(H,99,124)(H,100,125)(H,101,138)(H,104,134)(H,105,126)(H,106,135)(H,107,133)(H,108,139)(H,109,140)(H,110,141)(H,112,127)(H,113,136)(H,114,137)(H,115,132)(H,128,129)(H,130,131)(H,142,143)(H2,111,116,145)/t47-,48-,49+,56-,57-,58-,59-,60-,61-,62-,73-,74-,75-,76-,77-,91-/m0/s1. The molecule has 16 atom stereocenters. The second-order valence-corrected chi connectivity index (χ2v) is 37.0. The minimum atomic E-state index is -1.86. The Kier molecular flexibility index (Phi) is 48.5. The number of urea groups is 1. The molecule has 54 nitrogen and oxygen atoms in total. The van der Waals surface area contributed by atoms with Crippen molar-refractivity contribution in [2.24, 2.45) is 23.5 Å². The Balaban J connectivity index is 1.01. The number of H-pyrrole nitrogens is 2. The molecule has 146 heavy (non-hydrogen) atoms. The van der Waals surface area contributed by atoms with Gasteiger partial charge in [-0.1, -0.05) is 85.1 Å². The van der Waals surface area contributed by atoms with Crippen molar-refractivity contribution in [3.63, 3.8) is 0 Å². The van der Waals surface area contributed by atoms with Crippen LogP contribution >= 0.6 is 11.8 Å². The maximum absolute atomic E-state index is 14.9. The van der Waals surface area contributed by atoms with Crippen LogP contribution in [0.25, 0.3) is 0 Å². The van der Waals surface area contributed by atoms with E-state index in [0.717, 1.165) is 13.8 Å². The number of primary amides is 1. The molecule has 2 fully saturated rings. The summed E-state index contributed by atoms with van der Waals surface area (Å²) in [6.07, 6.45) is 2.60. The van der Waals surface area contributed by atoms with Gasteiger partial charge in [-0.3, -0.25) is 101 Å². The lowest BCUT2D eigenvalue weighted by atomic mass is 9.88. The molecule has 55 heteroatoms. The normalized spacial score (nSPS) is 16.6. The second kappa shape index (κ2) is 59.5. The number of fused-ring (bicyclic) bond motifs is 1. The Morgan fingerprint density at radius 1 is 0.425 bits per heavy atom. The lowest BCUT2D eigenvalue weighted by Crippen LogP contribution is -2.62. The molecular formula is C91H131N25O29S. The first-order valence-electron chi connectivity index (χ1n) is 47.1. The Bertz CT molecular complexity index is 5230. The number of aromatic hydroxyl groups is 2. The molecule has 0 saturated carbocycles. The van der Waals surface area contributed by atoms with Gasteiger partial charge in [0.05, 0.1) is 87.9 Å². The molecule has 0 unspecified atom stereocenters. The van der Waals surface area contributed by atoms with Gasteiger partial charge in [0.1, 0.15) is 82.7 Å². The summed E-state index contributed by atoms with van der Waals surface area (Å²) in [6.45, 7) is 7.60. The number of aliphatic carboxylic acids is 3. The van der Waals surface area contributed by atoms with Gasteiger partial charge in [0.15, 0.2) is 0 Å². The van der Waals surface area contributed by atoms with E-state index in [9.17, 15) is 136 Å². The minimum Gasteiger partial charge on any atom is -0.508 e. The number of carboxylic acids is 3. The number of carbonyl (C=O) groups excluding carboxylic acids is 20. The first kappa shape index (κ1) is 119. The number of nitrogens with two attached hydrogens (primary N) is 1. The van der Waals surface area contributed by atoms with Crippen LogP contribution in [0.5, 0.6) is 11.5 Å². The van der Waals surface area contributed by atoms with Crippen molar-refractivity contribution < 1.29 is 141 Å². The molecular weight excluding hydrogens is 1940 g/mol. The summed E-state index contributed by atoms with van der Waals surface area (Å²) in [5.41, 5.74) is 6.51. The number of aromatic amines is 2. The third kappa shape index (κ3) is 40.6. The van der Waals surface area contributed by atoms with Crippen LogP contribution in [0.2, 0.25) is 0 Å². The number of phenols is 2. The predicted octanol–water partition coefficient (Wildman–Crippen LogP) is -7.71. The maximum Gasteiger partial charge on any atom is 0.326 e. The first-order valence-corrected chi connectivity index (χ1v) is 48.1. The first-order chi connectivity index (χ1) is 69.0. The lowest BCUT2D eigenvalue weighted by Gasteiger charge is -2.32. The van der Waals surface area contributed by atoms with Gasteiger partial charge in [-0.15, -0.1) is 11.8 Å². The van der Waals surface area contributed by atoms with Gasteiger partial charge in [0.2, 0.25) is 112 Å². The third-order valence-electron chi connectivity index (χ3n) is 23.3. The lowest BCUT2D eigenvalue weighted by molar-refractivity contribution is -0.143. The van der Waals surface area contributed by atoms with Crippen LogP contribution in [-0.2, 0) is 131 Å². The van der Waals surface area contributed by atoms with E-state index in [1.807, 2.05) is 0 Å². The number of aromatic nitrogens is 4. The zero-order chi connectivity index (χ0) is 108. The van der Waals surface area contributed by atoms with Gasteiger partial charge in [-0.25, -0.2) is 19.6 Å². The number of benzene rings is 2. The number of thioether (sulfide) groups is 1. The highest BCUT2D eigenvalue weighted by Crippen LogP contribution is 2.44. The summed E-state index contributed by atoms with van der Waals surface area (Å²) < 4.78 is -0.980. The molecule has 30 N–H and O–H groups in total. The smallest absolute Gasteiger partial charge is 0.326 e. The molecule has 2 aliphatic rings. The topological polar surface area (TPSA) is 838 Å². The summed E-state index contributed by atoms with van der Waals surface area (Å²) in [6, 6.07) is -8.71. The van der Waals surface area contributed by atoms with Crippen LogP contribution in [0.4, 0.5) is 4.79 Å². The van der Waals surface area contributed by atoms with Crippen molar-refractivity contribution in [3.05, 3.63) is 96.1 Å². The van der Waals surface area contributed by atoms with E-state index in [1.54, 1.807) is 13.8 Å². The molecule has 0 bridgehead atoms. The maximum atomic E-state index is 14.9. The molecule has 4 heterocycles. The molecule has 2 aromatic heterocycles. The number of nitrogens with zero attached hydrogens (tertiary/aromatic N) is 2.